The summed E-state index contributed by atoms with van der Waals surface area (Å²) in [4.78, 5) is 0. The van der Waals surface area contributed by atoms with Crippen LogP contribution in [0.5, 0.6) is 0 Å². The van der Waals surface area contributed by atoms with E-state index in [-0.39, 0.29) is 10.8 Å². The summed E-state index contributed by atoms with van der Waals surface area (Å²) < 4.78 is 0. The van der Waals surface area contributed by atoms with Crippen molar-refractivity contribution in [3.05, 3.63) is 35.5 Å². The molecule has 0 rings (SSSR count). The fraction of sp³-hybridized carbons (Fsp3) is 0.625. The van der Waals surface area contributed by atoms with E-state index in [9.17, 15) is 0 Å². The van der Waals surface area contributed by atoms with Gasteiger partial charge in [0.25, 0.3) is 0 Å². The highest BCUT2D eigenvalue weighted by Gasteiger charge is 2.27. The Labute approximate surface area is 102 Å². The van der Waals surface area contributed by atoms with Crippen LogP contribution in [-0.4, -0.2) is 0 Å². The molecule has 16 heavy (non-hydrogen) atoms. The summed E-state index contributed by atoms with van der Waals surface area (Å²) in [5.41, 5.74) is 4.28. The molecule has 0 spiro atoms. The SMILES string of the molecule is C=C(C)/C=C(\C(=C/C)C(C)(C)C)C(C)(C)C. The molecule has 0 aromatic heterocycles. The third kappa shape index (κ3) is 4.38. The molecule has 0 aliphatic carbocycles. The second kappa shape index (κ2) is 5.03. The molecule has 0 aliphatic rings. The van der Waals surface area contributed by atoms with Crippen LogP contribution < -0.4 is 0 Å². The molecule has 0 nitrogen and oxygen atoms in total. The highest BCUT2D eigenvalue weighted by atomic mass is 14.3. The van der Waals surface area contributed by atoms with Gasteiger partial charge >= 0.3 is 0 Å². The third-order valence-corrected chi connectivity index (χ3v) is 2.59. The van der Waals surface area contributed by atoms with E-state index in [0.29, 0.717) is 0 Å². The maximum Gasteiger partial charge on any atom is -0.0129 e. The minimum atomic E-state index is 0.161. The molecule has 0 heteroatoms. The maximum atomic E-state index is 4.00. The Balaban J connectivity index is 5.64. The van der Waals surface area contributed by atoms with Crippen molar-refractivity contribution in [3.8, 4) is 0 Å². The van der Waals surface area contributed by atoms with Crippen LogP contribution in [-0.2, 0) is 0 Å². The summed E-state index contributed by atoms with van der Waals surface area (Å²) >= 11 is 0. The molecule has 0 bridgehead atoms. The summed E-state index contributed by atoms with van der Waals surface area (Å²) in [6.07, 6.45) is 4.46. The van der Waals surface area contributed by atoms with Gasteiger partial charge in [0.2, 0.25) is 0 Å². The maximum absolute atomic E-state index is 4.00. The van der Waals surface area contributed by atoms with Crippen molar-refractivity contribution in [2.45, 2.75) is 55.4 Å². The van der Waals surface area contributed by atoms with Crippen molar-refractivity contribution in [1.29, 1.82) is 0 Å². The van der Waals surface area contributed by atoms with Crippen LogP contribution in [0.1, 0.15) is 55.4 Å². The Morgan fingerprint density at radius 1 is 0.875 bits per heavy atom. The van der Waals surface area contributed by atoms with Gasteiger partial charge in [-0.2, -0.15) is 0 Å². The van der Waals surface area contributed by atoms with E-state index >= 15 is 0 Å². The normalized spacial score (nSPS) is 15.2. The summed E-state index contributed by atoms with van der Waals surface area (Å²) in [6, 6.07) is 0. The van der Waals surface area contributed by atoms with E-state index in [4.69, 9.17) is 0 Å². The first-order chi connectivity index (χ1) is 7.00. The zero-order chi connectivity index (χ0) is 13.1. The number of rotatable bonds is 2. The molecule has 0 amide bonds. The molecule has 0 unspecified atom stereocenters. The third-order valence-electron chi connectivity index (χ3n) is 2.59. The van der Waals surface area contributed by atoms with Crippen LogP contribution in [0.3, 0.4) is 0 Å². The lowest BCUT2D eigenvalue weighted by molar-refractivity contribution is 0.445. The first-order valence-corrected chi connectivity index (χ1v) is 6.05. The molecule has 0 atom stereocenters. The molecule has 0 N–H and O–H groups in total. The van der Waals surface area contributed by atoms with Crippen molar-refractivity contribution < 1.29 is 0 Å². The van der Waals surface area contributed by atoms with Gasteiger partial charge in [-0.25, -0.2) is 0 Å². The highest BCUT2D eigenvalue weighted by molar-refractivity contribution is 5.42. The van der Waals surface area contributed by atoms with Crippen LogP contribution in [0.25, 0.3) is 0 Å². The van der Waals surface area contributed by atoms with Crippen molar-refractivity contribution in [2.24, 2.45) is 10.8 Å². The molecule has 0 heterocycles. The van der Waals surface area contributed by atoms with Gasteiger partial charge in [0.1, 0.15) is 0 Å². The van der Waals surface area contributed by atoms with Crippen LogP contribution in [0.4, 0.5) is 0 Å². The Morgan fingerprint density at radius 2 is 1.25 bits per heavy atom. The van der Waals surface area contributed by atoms with Gasteiger partial charge < -0.3 is 0 Å². The second-order valence-corrected chi connectivity index (χ2v) is 6.61. The van der Waals surface area contributed by atoms with Crippen LogP contribution in [0.2, 0.25) is 0 Å². The van der Waals surface area contributed by atoms with E-state index in [0.717, 1.165) is 5.57 Å². The summed E-state index contributed by atoms with van der Waals surface area (Å²) in [5, 5.41) is 0. The Hall–Kier alpha value is -0.780. The van der Waals surface area contributed by atoms with Crippen LogP contribution in [0.15, 0.2) is 35.5 Å². The Kier molecular flexibility index (Phi) is 4.79. The summed E-state index contributed by atoms with van der Waals surface area (Å²) in [5.74, 6) is 0. The van der Waals surface area contributed by atoms with E-state index in [2.05, 4.69) is 74.1 Å². The molecule has 0 saturated carbocycles. The van der Waals surface area contributed by atoms with Crippen molar-refractivity contribution >= 4 is 0 Å². The zero-order valence-corrected chi connectivity index (χ0v) is 12.4. The molecule has 0 aromatic carbocycles. The lowest BCUT2D eigenvalue weighted by atomic mass is 9.72. The lowest BCUT2D eigenvalue weighted by Crippen LogP contribution is -2.20. The summed E-state index contributed by atoms with van der Waals surface area (Å²) in [6.45, 7) is 21.8. The molecule has 0 fully saturated rings. The average molecular weight is 220 g/mol. The zero-order valence-electron chi connectivity index (χ0n) is 12.4. The first-order valence-electron chi connectivity index (χ1n) is 6.05. The smallest absolute Gasteiger partial charge is 0.0129 e. The minimum Gasteiger partial charge on any atom is -0.0961 e. The molecular formula is C16H28. The largest absolute Gasteiger partial charge is 0.0961 e. The second-order valence-electron chi connectivity index (χ2n) is 6.61. The number of allylic oxidation sites excluding steroid dienone is 5. The summed E-state index contributed by atoms with van der Waals surface area (Å²) in [7, 11) is 0. The van der Waals surface area contributed by atoms with Crippen molar-refractivity contribution in [2.75, 3.05) is 0 Å². The quantitative estimate of drug-likeness (QED) is 0.537. The van der Waals surface area contributed by atoms with Crippen LogP contribution >= 0.6 is 0 Å². The van der Waals surface area contributed by atoms with Gasteiger partial charge in [0.15, 0.2) is 0 Å². The van der Waals surface area contributed by atoms with Gasteiger partial charge in [-0.1, -0.05) is 65.8 Å². The molecule has 0 aliphatic heterocycles. The predicted octanol–water partition coefficient (Wildman–Crippen LogP) is 5.53. The fourth-order valence-electron chi connectivity index (χ4n) is 1.94. The highest BCUT2D eigenvalue weighted by Crippen LogP contribution is 2.40. The van der Waals surface area contributed by atoms with Crippen molar-refractivity contribution in [1.82, 2.24) is 0 Å². The number of hydrogen-bond acceptors (Lipinski definition) is 0. The molecule has 0 saturated heterocycles. The fourth-order valence-corrected chi connectivity index (χ4v) is 1.94. The standard InChI is InChI=1S/C16H28/c1-10-13(15(4,5)6)14(11-12(2)3)16(7,8)9/h10-11H,2H2,1,3-9H3/b13-10+,14-11+. The lowest BCUT2D eigenvalue weighted by Gasteiger charge is -2.33. The molecular weight excluding hydrogens is 192 g/mol. The van der Waals surface area contributed by atoms with E-state index in [1.54, 1.807) is 0 Å². The molecule has 0 radical (unpaired) electrons. The van der Waals surface area contributed by atoms with Gasteiger partial charge in [-0.3, -0.25) is 0 Å². The van der Waals surface area contributed by atoms with Gasteiger partial charge in [0, 0.05) is 0 Å². The van der Waals surface area contributed by atoms with Gasteiger partial charge in [0.05, 0.1) is 0 Å². The number of hydrogen-bond donors (Lipinski definition) is 0. The minimum absolute atomic E-state index is 0.161. The monoisotopic (exact) mass is 220 g/mol. The van der Waals surface area contributed by atoms with Crippen LogP contribution in [0, 0.1) is 10.8 Å². The molecule has 0 aromatic rings. The van der Waals surface area contributed by atoms with Crippen molar-refractivity contribution in [3.63, 3.8) is 0 Å². The molecule has 92 valence electrons. The predicted molar refractivity (Wildman–Crippen MR) is 75.6 cm³/mol. The topological polar surface area (TPSA) is 0 Å². The van der Waals surface area contributed by atoms with E-state index in [1.807, 2.05) is 0 Å². The Morgan fingerprint density at radius 3 is 1.44 bits per heavy atom. The average Bonchev–Trinajstić information content (AvgIpc) is 1.98. The van der Waals surface area contributed by atoms with E-state index < -0.39 is 0 Å². The van der Waals surface area contributed by atoms with E-state index in [1.165, 1.54) is 11.1 Å². The van der Waals surface area contributed by atoms with Gasteiger partial charge in [-0.05, 0) is 35.8 Å². The van der Waals surface area contributed by atoms with Gasteiger partial charge in [-0.15, -0.1) is 0 Å². The first kappa shape index (κ1) is 15.2. The Bertz CT molecular complexity index is 311.